The molecule has 0 saturated carbocycles. The molecule has 9 heteroatoms. The Morgan fingerprint density at radius 1 is 1.00 bits per heavy atom. The SMILES string of the molecule is OC(Cc1ccc(Cl)cc1Cl)C(C(F)(F)F)C(F)(F)F. The molecule has 1 rings (SSSR count). The second kappa shape index (κ2) is 5.99. The van der Waals surface area contributed by atoms with Gasteiger partial charge in [-0.2, -0.15) is 26.3 Å². The summed E-state index contributed by atoms with van der Waals surface area (Å²) in [4.78, 5) is 0. The summed E-state index contributed by atoms with van der Waals surface area (Å²) in [6, 6.07) is 3.59. The molecule has 1 nitrogen and oxygen atoms in total. The Labute approximate surface area is 120 Å². The van der Waals surface area contributed by atoms with Crippen molar-refractivity contribution in [2.45, 2.75) is 24.9 Å². The van der Waals surface area contributed by atoms with E-state index in [0.717, 1.165) is 6.07 Å². The van der Waals surface area contributed by atoms with Crippen LogP contribution in [0.3, 0.4) is 0 Å². The van der Waals surface area contributed by atoms with Crippen molar-refractivity contribution >= 4 is 23.2 Å². The Bertz CT molecular complexity index is 457. The predicted octanol–water partition coefficient (Wildman–Crippen LogP) is 4.64. The average molecular weight is 341 g/mol. The standard InChI is InChI=1S/C11H8Cl2F6O/c12-6-2-1-5(7(13)4-6)3-8(20)9(10(14,15)16)11(17,18)19/h1-2,4,8-9,20H,3H2. The predicted molar refractivity (Wildman–Crippen MR) is 61.8 cm³/mol. The van der Waals surface area contributed by atoms with Crippen LogP contribution in [0.2, 0.25) is 10.0 Å². The molecule has 0 aromatic heterocycles. The first-order chi connectivity index (χ1) is 8.93. The van der Waals surface area contributed by atoms with E-state index < -0.39 is 30.8 Å². The monoisotopic (exact) mass is 340 g/mol. The lowest BCUT2D eigenvalue weighted by atomic mass is 9.95. The topological polar surface area (TPSA) is 20.2 Å². The Kier molecular flexibility index (Phi) is 5.21. The number of aliphatic hydroxyl groups excluding tert-OH is 1. The van der Waals surface area contributed by atoms with Crippen LogP contribution >= 0.6 is 23.2 Å². The maximum Gasteiger partial charge on any atom is 0.403 e. The molecule has 0 aliphatic rings. The number of halogens is 8. The summed E-state index contributed by atoms with van der Waals surface area (Å²) in [6.07, 6.45) is -14.8. The van der Waals surface area contributed by atoms with Crippen molar-refractivity contribution in [3.63, 3.8) is 0 Å². The lowest BCUT2D eigenvalue weighted by molar-refractivity contribution is -0.305. The molecule has 0 heterocycles. The number of aliphatic hydroxyl groups is 1. The third-order valence-electron chi connectivity index (χ3n) is 2.53. The molecule has 0 aliphatic heterocycles. The maximum atomic E-state index is 12.4. The summed E-state index contributed by atoms with van der Waals surface area (Å²) in [7, 11) is 0. The summed E-state index contributed by atoms with van der Waals surface area (Å²) in [5.41, 5.74) is -0.0536. The molecule has 0 fully saturated rings. The molecule has 114 valence electrons. The Morgan fingerprint density at radius 2 is 1.50 bits per heavy atom. The molecule has 1 N–H and O–H groups in total. The third kappa shape index (κ3) is 4.43. The van der Waals surface area contributed by atoms with Gasteiger partial charge in [-0.15, -0.1) is 0 Å². The molecular weight excluding hydrogens is 333 g/mol. The van der Waals surface area contributed by atoms with E-state index in [4.69, 9.17) is 23.2 Å². The second-order valence-electron chi connectivity index (χ2n) is 4.07. The number of benzene rings is 1. The molecular formula is C11H8Cl2F6O. The van der Waals surface area contributed by atoms with Crippen LogP contribution in [0.1, 0.15) is 5.56 Å². The summed E-state index contributed by atoms with van der Waals surface area (Å²) < 4.78 is 74.4. The van der Waals surface area contributed by atoms with Gasteiger partial charge in [0.05, 0.1) is 6.10 Å². The number of hydrogen-bond donors (Lipinski definition) is 1. The van der Waals surface area contributed by atoms with Gasteiger partial charge in [0.15, 0.2) is 5.92 Å². The van der Waals surface area contributed by atoms with E-state index in [1.807, 2.05) is 0 Å². The largest absolute Gasteiger partial charge is 0.403 e. The first-order valence-corrected chi connectivity index (χ1v) is 5.94. The average Bonchev–Trinajstić information content (AvgIpc) is 2.17. The van der Waals surface area contributed by atoms with Gasteiger partial charge in [0.2, 0.25) is 0 Å². The molecule has 0 bridgehead atoms. The molecule has 0 aliphatic carbocycles. The van der Waals surface area contributed by atoms with Crippen LogP contribution in [-0.4, -0.2) is 23.6 Å². The van der Waals surface area contributed by atoms with Crippen molar-refractivity contribution in [1.29, 1.82) is 0 Å². The third-order valence-corrected chi connectivity index (χ3v) is 3.12. The fraction of sp³-hybridized carbons (Fsp3) is 0.455. The number of hydrogen-bond acceptors (Lipinski definition) is 1. The van der Waals surface area contributed by atoms with Crippen molar-refractivity contribution < 1.29 is 31.4 Å². The van der Waals surface area contributed by atoms with Crippen molar-refractivity contribution in [2.24, 2.45) is 5.92 Å². The zero-order chi connectivity index (χ0) is 15.7. The summed E-state index contributed by atoms with van der Waals surface area (Å²) >= 11 is 11.2. The normalized spacial score (nSPS) is 14.7. The Balaban J connectivity index is 3.00. The first-order valence-electron chi connectivity index (χ1n) is 5.18. The zero-order valence-electron chi connectivity index (χ0n) is 9.56. The van der Waals surface area contributed by atoms with Gasteiger partial charge in [-0.1, -0.05) is 29.3 Å². The highest BCUT2D eigenvalue weighted by Crippen LogP contribution is 2.42. The van der Waals surface area contributed by atoms with E-state index in [1.165, 1.54) is 12.1 Å². The smallest absolute Gasteiger partial charge is 0.392 e. The molecule has 1 aromatic rings. The van der Waals surface area contributed by atoms with Gasteiger partial charge in [-0.25, -0.2) is 0 Å². The van der Waals surface area contributed by atoms with Gasteiger partial charge in [0.25, 0.3) is 0 Å². The van der Waals surface area contributed by atoms with E-state index >= 15 is 0 Å². The van der Waals surface area contributed by atoms with Gasteiger partial charge in [-0.05, 0) is 17.7 Å². The van der Waals surface area contributed by atoms with Crippen LogP contribution < -0.4 is 0 Å². The number of alkyl halides is 6. The number of rotatable bonds is 3. The summed E-state index contributed by atoms with van der Waals surface area (Å²) in [5, 5.41) is 9.36. The molecule has 1 unspecified atom stereocenters. The summed E-state index contributed by atoms with van der Waals surface area (Å²) in [5.74, 6) is -3.83. The lowest BCUT2D eigenvalue weighted by Crippen LogP contribution is -2.45. The van der Waals surface area contributed by atoms with Crippen LogP contribution in [0, 0.1) is 5.92 Å². The minimum Gasteiger partial charge on any atom is -0.392 e. The van der Waals surface area contributed by atoms with Crippen LogP contribution in [0.25, 0.3) is 0 Å². The quantitative estimate of drug-likeness (QED) is 0.795. The van der Waals surface area contributed by atoms with Crippen molar-refractivity contribution in [2.75, 3.05) is 0 Å². The van der Waals surface area contributed by atoms with E-state index in [-0.39, 0.29) is 15.6 Å². The maximum absolute atomic E-state index is 12.4. The highest BCUT2D eigenvalue weighted by atomic mass is 35.5. The molecule has 0 saturated heterocycles. The lowest BCUT2D eigenvalue weighted by Gasteiger charge is -2.27. The highest BCUT2D eigenvalue weighted by molar-refractivity contribution is 6.35. The van der Waals surface area contributed by atoms with E-state index in [1.54, 1.807) is 0 Å². The fourth-order valence-electron chi connectivity index (χ4n) is 1.65. The van der Waals surface area contributed by atoms with Crippen molar-refractivity contribution in [3.05, 3.63) is 33.8 Å². The summed E-state index contributed by atoms with van der Waals surface area (Å²) in [6.45, 7) is 0. The highest BCUT2D eigenvalue weighted by Gasteiger charge is 2.60. The van der Waals surface area contributed by atoms with E-state index in [2.05, 4.69) is 0 Å². The fourth-order valence-corrected chi connectivity index (χ4v) is 2.14. The van der Waals surface area contributed by atoms with Crippen LogP contribution in [0.4, 0.5) is 26.3 Å². The Morgan fingerprint density at radius 3 is 1.90 bits per heavy atom. The zero-order valence-corrected chi connectivity index (χ0v) is 11.1. The Hall–Kier alpha value is -0.660. The van der Waals surface area contributed by atoms with Gasteiger partial charge in [0.1, 0.15) is 0 Å². The van der Waals surface area contributed by atoms with Gasteiger partial charge >= 0.3 is 12.4 Å². The molecule has 0 radical (unpaired) electrons. The van der Waals surface area contributed by atoms with Crippen LogP contribution in [0.5, 0.6) is 0 Å². The van der Waals surface area contributed by atoms with Gasteiger partial charge in [0, 0.05) is 16.5 Å². The van der Waals surface area contributed by atoms with E-state index in [0.29, 0.717) is 0 Å². The van der Waals surface area contributed by atoms with E-state index in [9.17, 15) is 31.4 Å². The molecule has 0 amide bonds. The molecule has 0 spiro atoms. The van der Waals surface area contributed by atoms with Crippen LogP contribution in [-0.2, 0) is 6.42 Å². The van der Waals surface area contributed by atoms with Gasteiger partial charge < -0.3 is 5.11 Å². The minimum absolute atomic E-state index is 0.0536. The van der Waals surface area contributed by atoms with Crippen LogP contribution in [0.15, 0.2) is 18.2 Å². The minimum atomic E-state index is -5.60. The second-order valence-corrected chi connectivity index (χ2v) is 4.91. The van der Waals surface area contributed by atoms with Gasteiger partial charge in [-0.3, -0.25) is 0 Å². The van der Waals surface area contributed by atoms with Crippen molar-refractivity contribution in [1.82, 2.24) is 0 Å². The molecule has 20 heavy (non-hydrogen) atoms. The molecule has 1 atom stereocenters. The van der Waals surface area contributed by atoms with Crippen molar-refractivity contribution in [3.8, 4) is 0 Å². The first kappa shape index (κ1) is 17.4. The molecule has 1 aromatic carbocycles.